The summed E-state index contributed by atoms with van der Waals surface area (Å²) in [6.07, 6.45) is 12.2. The standard InChI is InChI=1S/C26H35NO/c1-2-10-23-17-20-27(21-18-23)19-8-9-22-28-26-14-7-6-13-25(26)16-15-24-11-4-3-5-12-24/h3-7,11-16,23H,2,8-10,17-22H2,1H3. The molecule has 0 spiro atoms. The van der Waals surface area contributed by atoms with E-state index in [1.807, 2.05) is 6.07 Å². The first kappa shape index (κ1) is 20.7. The van der Waals surface area contributed by atoms with Crippen molar-refractivity contribution in [1.82, 2.24) is 4.90 Å². The van der Waals surface area contributed by atoms with Crippen LogP contribution in [0.1, 0.15) is 56.6 Å². The van der Waals surface area contributed by atoms with Crippen molar-refractivity contribution in [3.8, 4) is 5.75 Å². The first-order valence-corrected chi connectivity index (χ1v) is 11.0. The summed E-state index contributed by atoms with van der Waals surface area (Å²) in [6.45, 7) is 6.90. The van der Waals surface area contributed by atoms with Gasteiger partial charge in [0, 0.05) is 5.56 Å². The van der Waals surface area contributed by atoms with E-state index < -0.39 is 0 Å². The number of likely N-dealkylation sites (tertiary alicyclic amines) is 1. The second-order valence-corrected chi connectivity index (χ2v) is 7.91. The van der Waals surface area contributed by atoms with Crippen molar-refractivity contribution in [2.24, 2.45) is 5.92 Å². The maximum Gasteiger partial charge on any atom is 0.126 e. The van der Waals surface area contributed by atoms with Crippen LogP contribution in [0.2, 0.25) is 0 Å². The van der Waals surface area contributed by atoms with Crippen LogP contribution in [0.25, 0.3) is 12.2 Å². The van der Waals surface area contributed by atoms with Crippen LogP contribution in [0, 0.1) is 5.92 Å². The van der Waals surface area contributed by atoms with Crippen molar-refractivity contribution in [3.05, 3.63) is 65.7 Å². The monoisotopic (exact) mass is 377 g/mol. The Morgan fingerprint density at radius 1 is 0.929 bits per heavy atom. The number of ether oxygens (including phenoxy) is 1. The van der Waals surface area contributed by atoms with E-state index in [4.69, 9.17) is 4.74 Å². The van der Waals surface area contributed by atoms with E-state index in [-0.39, 0.29) is 0 Å². The lowest BCUT2D eigenvalue weighted by Gasteiger charge is -2.31. The van der Waals surface area contributed by atoms with Crippen LogP contribution >= 0.6 is 0 Å². The molecule has 2 nitrogen and oxygen atoms in total. The number of hydrogen-bond acceptors (Lipinski definition) is 2. The predicted molar refractivity (Wildman–Crippen MR) is 121 cm³/mol. The van der Waals surface area contributed by atoms with Crippen LogP contribution in [-0.4, -0.2) is 31.1 Å². The maximum absolute atomic E-state index is 6.09. The predicted octanol–water partition coefficient (Wildman–Crippen LogP) is 6.53. The minimum Gasteiger partial charge on any atom is -0.493 e. The third-order valence-corrected chi connectivity index (χ3v) is 5.70. The molecule has 150 valence electrons. The summed E-state index contributed by atoms with van der Waals surface area (Å²) in [4.78, 5) is 2.64. The van der Waals surface area contributed by atoms with Gasteiger partial charge in [0.2, 0.25) is 0 Å². The van der Waals surface area contributed by atoms with Crippen molar-refractivity contribution >= 4 is 12.2 Å². The Labute approximate surface area is 171 Å². The minimum absolute atomic E-state index is 0.794. The normalized spacial score (nSPS) is 15.9. The van der Waals surface area contributed by atoms with Gasteiger partial charge in [0.1, 0.15) is 5.75 Å². The van der Waals surface area contributed by atoms with E-state index >= 15 is 0 Å². The fourth-order valence-corrected chi connectivity index (χ4v) is 4.03. The molecule has 1 heterocycles. The fraction of sp³-hybridized carbons (Fsp3) is 0.462. The van der Waals surface area contributed by atoms with Gasteiger partial charge in [-0.15, -0.1) is 0 Å². The van der Waals surface area contributed by atoms with Crippen LogP contribution in [0.3, 0.4) is 0 Å². The molecule has 0 bridgehead atoms. The first-order valence-electron chi connectivity index (χ1n) is 11.0. The topological polar surface area (TPSA) is 12.5 Å². The van der Waals surface area contributed by atoms with Gasteiger partial charge in [0.25, 0.3) is 0 Å². The average Bonchev–Trinajstić information content (AvgIpc) is 2.75. The number of hydrogen-bond donors (Lipinski definition) is 0. The van der Waals surface area contributed by atoms with Crippen molar-refractivity contribution in [2.45, 2.75) is 45.4 Å². The molecule has 3 rings (SSSR count). The fourth-order valence-electron chi connectivity index (χ4n) is 4.03. The van der Waals surface area contributed by atoms with Crippen LogP contribution < -0.4 is 4.74 Å². The zero-order valence-corrected chi connectivity index (χ0v) is 17.4. The average molecular weight is 378 g/mol. The Kier molecular flexibility index (Phi) is 8.64. The molecule has 1 aliphatic heterocycles. The summed E-state index contributed by atoms with van der Waals surface area (Å²) < 4.78 is 6.09. The Morgan fingerprint density at radius 3 is 2.46 bits per heavy atom. The molecule has 2 aromatic rings. The molecule has 0 atom stereocenters. The molecule has 28 heavy (non-hydrogen) atoms. The third-order valence-electron chi connectivity index (χ3n) is 5.70. The highest BCUT2D eigenvalue weighted by Crippen LogP contribution is 2.23. The Morgan fingerprint density at radius 2 is 1.68 bits per heavy atom. The first-order chi connectivity index (χ1) is 13.8. The number of rotatable bonds is 10. The minimum atomic E-state index is 0.794. The summed E-state index contributed by atoms with van der Waals surface area (Å²) in [5, 5.41) is 0. The van der Waals surface area contributed by atoms with Crippen LogP contribution in [-0.2, 0) is 0 Å². The van der Waals surface area contributed by atoms with E-state index in [1.54, 1.807) is 0 Å². The number of nitrogens with zero attached hydrogens (tertiary/aromatic N) is 1. The Bertz CT molecular complexity index is 701. The van der Waals surface area contributed by atoms with Gasteiger partial charge in [-0.2, -0.15) is 0 Å². The molecular weight excluding hydrogens is 342 g/mol. The maximum atomic E-state index is 6.09. The highest BCUT2D eigenvalue weighted by Gasteiger charge is 2.17. The van der Waals surface area contributed by atoms with E-state index in [0.717, 1.165) is 30.3 Å². The SMILES string of the molecule is CCCC1CCN(CCCCOc2ccccc2C=Cc2ccccc2)CC1. The van der Waals surface area contributed by atoms with Gasteiger partial charge in [-0.3, -0.25) is 0 Å². The molecule has 2 heteroatoms. The Hall–Kier alpha value is -2.06. The van der Waals surface area contributed by atoms with Gasteiger partial charge in [-0.25, -0.2) is 0 Å². The molecule has 1 fully saturated rings. The smallest absolute Gasteiger partial charge is 0.126 e. The van der Waals surface area contributed by atoms with E-state index in [2.05, 4.69) is 72.5 Å². The number of para-hydroxylation sites is 1. The number of piperidine rings is 1. The molecule has 0 N–H and O–H groups in total. The molecule has 0 radical (unpaired) electrons. The van der Waals surface area contributed by atoms with Gasteiger partial charge in [0.15, 0.2) is 0 Å². The molecule has 2 aromatic carbocycles. The van der Waals surface area contributed by atoms with E-state index in [0.29, 0.717) is 0 Å². The molecule has 1 aliphatic rings. The van der Waals surface area contributed by atoms with Gasteiger partial charge in [-0.05, 0) is 62.9 Å². The summed E-state index contributed by atoms with van der Waals surface area (Å²) >= 11 is 0. The quantitative estimate of drug-likeness (QED) is 0.345. The number of benzene rings is 2. The second kappa shape index (κ2) is 11.7. The molecule has 1 saturated heterocycles. The van der Waals surface area contributed by atoms with Crippen LogP contribution in [0.15, 0.2) is 54.6 Å². The summed E-state index contributed by atoms with van der Waals surface area (Å²) in [6, 6.07) is 18.7. The molecule has 0 unspecified atom stereocenters. The second-order valence-electron chi connectivity index (χ2n) is 7.91. The van der Waals surface area contributed by atoms with Gasteiger partial charge < -0.3 is 9.64 Å². The van der Waals surface area contributed by atoms with Crippen molar-refractivity contribution in [3.63, 3.8) is 0 Å². The number of unbranched alkanes of at least 4 members (excludes halogenated alkanes) is 1. The van der Waals surface area contributed by atoms with Crippen molar-refractivity contribution in [1.29, 1.82) is 0 Å². The van der Waals surface area contributed by atoms with Crippen LogP contribution in [0.5, 0.6) is 5.75 Å². The molecule has 0 amide bonds. The molecule has 0 aliphatic carbocycles. The lowest BCUT2D eigenvalue weighted by atomic mass is 9.92. The van der Waals surface area contributed by atoms with Gasteiger partial charge in [0.05, 0.1) is 6.61 Å². The lowest BCUT2D eigenvalue weighted by molar-refractivity contribution is 0.172. The van der Waals surface area contributed by atoms with Crippen molar-refractivity contribution in [2.75, 3.05) is 26.2 Å². The highest BCUT2D eigenvalue weighted by molar-refractivity contribution is 5.72. The zero-order valence-electron chi connectivity index (χ0n) is 17.4. The molecule has 0 aromatic heterocycles. The third kappa shape index (κ3) is 6.83. The van der Waals surface area contributed by atoms with Gasteiger partial charge in [-0.1, -0.05) is 80.4 Å². The Balaban J connectivity index is 1.38. The largest absolute Gasteiger partial charge is 0.493 e. The molecular formula is C26H35NO. The summed E-state index contributed by atoms with van der Waals surface area (Å²) in [5.74, 6) is 1.96. The van der Waals surface area contributed by atoms with Crippen molar-refractivity contribution < 1.29 is 4.74 Å². The lowest BCUT2D eigenvalue weighted by Crippen LogP contribution is -2.34. The summed E-state index contributed by atoms with van der Waals surface area (Å²) in [5.41, 5.74) is 2.35. The molecule has 0 saturated carbocycles. The van der Waals surface area contributed by atoms with Crippen LogP contribution in [0.4, 0.5) is 0 Å². The summed E-state index contributed by atoms with van der Waals surface area (Å²) in [7, 11) is 0. The highest BCUT2D eigenvalue weighted by atomic mass is 16.5. The van der Waals surface area contributed by atoms with E-state index in [1.165, 1.54) is 57.3 Å². The zero-order chi connectivity index (χ0) is 19.4. The van der Waals surface area contributed by atoms with E-state index in [9.17, 15) is 0 Å². The van der Waals surface area contributed by atoms with Gasteiger partial charge >= 0.3 is 0 Å².